The summed E-state index contributed by atoms with van der Waals surface area (Å²) in [5.74, 6) is -0.152. The number of benzene rings is 1. The van der Waals surface area contributed by atoms with Crippen LogP contribution in [0.15, 0.2) is 24.3 Å². The van der Waals surface area contributed by atoms with Gasteiger partial charge in [0.25, 0.3) is 5.91 Å². The minimum Gasteiger partial charge on any atom is -0.388 e. The molecule has 2 atom stereocenters. The lowest BCUT2D eigenvalue weighted by atomic mass is 9.87. The number of aliphatic hydroxyl groups excluding tert-OH is 1. The molecule has 0 bridgehead atoms. The van der Waals surface area contributed by atoms with E-state index >= 15 is 0 Å². The van der Waals surface area contributed by atoms with Crippen molar-refractivity contribution in [3.8, 4) is 0 Å². The minimum atomic E-state index is -1.20. The van der Waals surface area contributed by atoms with E-state index in [0.717, 1.165) is 12.8 Å². The molecule has 0 unspecified atom stereocenters. The number of nitrogens with zero attached hydrogens (tertiary/aromatic N) is 1. The lowest BCUT2D eigenvalue weighted by Gasteiger charge is -2.42. The fourth-order valence-corrected chi connectivity index (χ4v) is 3.16. The Morgan fingerprint density at radius 3 is 2.54 bits per heavy atom. The van der Waals surface area contributed by atoms with E-state index in [2.05, 4.69) is 19.2 Å². The molecule has 0 saturated carbocycles. The van der Waals surface area contributed by atoms with E-state index in [1.165, 1.54) is 0 Å². The lowest BCUT2D eigenvalue weighted by molar-refractivity contribution is -0.111. The zero-order chi connectivity index (χ0) is 17.7. The Kier molecular flexibility index (Phi) is 6.63. The first kappa shape index (κ1) is 19.2. The Morgan fingerprint density at radius 1 is 1.38 bits per heavy atom. The van der Waals surface area contributed by atoms with Crippen LogP contribution in [0, 0.1) is 0 Å². The van der Waals surface area contributed by atoms with Crippen LogP contribution in [0.25, 0.3) is 0 Å². The van der Waals surface area contributed by atoms with Crippen molar-refractivity contribution in [3.63, 3.8) is 0 Å². The number of β-amino-alcohol motifs (C(OH)–C–C–N with tert-alkyl or cyclic N) is 1. The Bertz CT molecular complexity index is 548. The first-order chi connectivity index (χ1) is 11.4. The molecule has 134 valence electrons. The third-order valence-corrected chi connectivity index (χ3v) is 5.14. The van der Waals surface area contributed by atoms with Gasteiger partial charge < -0.3 is 20.4 Å². The van der Waals surface area contributed by atoms with Crippen molar-refractivity contribution in [2.75, 3.05) is 19.6 Å². The molecule has 0 spiro atoms. The van der Waals surface area contributed by atoms with Crippen molar-refractivity contribution in [2.45, 2.75) is 50.9 Å². The number of carbonyl (C=O) groups is 1. The summed E-state index contributed by atoms with van der Waals surface area (Å²) in [5, 5.41) is 25.0. The van der Waals surface area contributed by atoms with Crippen LogP contribution in [0.4, 0.5) is 0 Å². The summed E-state index contributed by atoms with van der Waals surface area (Å²) >= 11 is 5.84. The number of carbonyl (C=O) groups excluding carboxylic acids is 1. The van der Waals surface area contributed by atoms with Gasteiger partial charge in [0, 0.05) is 36.3 Å². The second-order valence-corrected chi connectivity index (χ2v) is 6.96. The molecule has 5 nitrogen and oxygen atoms in total. The smallest absolute Gasteiger partial charge is 0.253 e. The van der Waals surface area contributed by atoms with Gasteiger partial charge in [-0.05, 0) is 43.5 Å². The minimum absolute atomic E-state index is 0.128. The molecule has 1 aromatic rings. The van der Waals surface area contributed by atoms with E-state index in [9.17, 15) is 15.0 Å². The topological polar surface area (TPSA) is 72.8 Å². The molecule has 1 aromatic carbocycles. The Balaban J connectivity index is 1.96. The first-order valence-electron chi connectivity index (χ1n) is 8.58. The second kappa shape index (κ2) is 8.30. The zero-order valence-electron chi connectivity index (χ0n) is 14.3. The number of nitrogens with one attached hydrogen (secondary N) is 1. The molecule has 24 heavy (non-hydrogen) atoms. The van der Waals surface area contributed by atoms with Crippen LogP contribution in [-0.4, -0.2) is 58.4 Å². The quantitative estimate of drug-likeness (QED) is 0.731. The third kappa shape index (κ3) is 4.48. The monoisotopic (exact) mass is 354 g/mol. The number of aliphatic hydroxyl groups is 2. The fourth-order valence-electron chi connectivity index (χ4n) is 3.03. The van der Waals surface area contributed by atoms with Gasteiger partial charge in [0.2, 0.25) is 0 Å². The molecule has 2 rings (SSSR count). The summed E-state index contributed by atoms with van der Waals surface area (Å²) in [5.41, 5.74) is -0.661. The van der Waals surface area contributed by atoms with Crippen molar-refractivity contribution in [3.05, 3.63) is 34.9 Å². The highest BCUT2D eigenvalue weighted by Gasteiger charge is 2.41. The summed E-state index contributed by atoms with van der Waals surface area (Å²) in [7, 11) is 0. The molecule has 0 aromatic heterocycles. The van der Waals surface area contributed by atoms with Crippen molar-refractivity contribution < 1.29 is 15.0 Å². The van der Waals surface area contributed by atoms with Gasteiger partial charge in [-0.25, -0.2) is 0 Å². The molecular formula is C18H27ClN2O3. The highest BCUT2D eigenvalue weighted by Crippen LogP contribution is 2.24. The van der Waals surface area contributed by atoms with Crippen LogP contribution in [-0.2, 0) is 0 Å². The molecule has 0 radical (unpaired) electrons. The number of amides is 1. The fraction of sp³-hybridized carbons (Fsp3) is 0.611. The molecule has 3 N–H and O–H groups in total. The van der Waals surface area contributed by atoms with E-state index in [1.807, 2.05) is 0 Å². The van der Waals surface area contributed by atoms with Gasteiger partial charge in [-0.15, -0.1) is 0 Å². The van der Waals surface area contributed by atoms with Crippen molar-refractivity contribution >= 4 is 17.5 Å². The molecule has 1 fully saturated rings. The highest BCUT2D eigenvalue weighted by atomic mass is 35.5. The number of hydrogen-bond acceptors (Lipinski definition) is 4. The van der Waals surface area contributed by atoms with Crippen LogP contribution < -0.4 is 5.32 Å². The second-order valence-electron chi connectivity index (χ2n) is 6.52. The largest absolute Gasteiger partial charge is 0.388 e. The maximum atomic E-state index is 12.5. The van der Waals surface area contributed by atoms with E-state index in [1.54, 1.807) is 29.2 Å². The van der Waals surface area contributed by atoms with E-state index in [-0.39, 0.29) is 12.5 Å². The number of hydrogen-bond donors (Lipinski definition) is 3. The first-order valence-corrected chi connectivity index (χ1v) is 8.96. The third-order valence-electron chi connectivity index (χ3n) is 4.89. The van der Waals surface area contributed by atoms with Crippen LogP contribution in [0.5, 0.6) is 0 Å². The zero-order valence-corrected chi connectivity index (χ0v) is 15.1. The molecule has 0 aliphatic carbocycles. The van der Waals surface area contributed by atoms with Crippen LogP contribution >= 0.6 is 11.6 Å². The number of rotatable bonds is 6. The molecule has 1 aliphatic heterocycles. The van der Waals surface area contributed by atoms with Crippen LogP contribution in [0.1, 0.15) is 43.5 Å². The van der Waals surface area contributed by atoms with Crippen molar-refractivity contribution in [1.82, 2.24) is 10.2 Å². The van der Waals surface area contributed by atoms with Gasteiger partial charge in [0.15, 0.2) is 0 Å². The summed E-state index contributed by atoms with van der Waals surface area (Å²) in [6.45, 7) is 5.07. The Labute approximate surface area is 148 Å². The Hall–Kier alpha value is -1.14. The Morgan fingerprint density at radius 2 is 2.00 bits per heavy atom. The van der Waals surface area contributed by atoms with Crippen molar-refractivity contribution in [2.24, 2.45) is 0 Å². The number of likely N-dealkylation sites (tertiary alicyclic amines) is 1. The summed E-state index contributed by atoms with van der Waals surface area (Å²) in [4.78, 5) is 14.1. The summed E-state index contributed by atoms with van der Waals surface area (Å²) in [6, 6.07) is 7.02. The van der Waals surface area contributed by atoms with Gasteiger partial charge >= 0.3 is 0 Å². The molecule has 1 heterocycles. The normalized spacial score (nSPS) is 24.4. The number of halogens is 1. The maximum Gasteiger partial charge on any atom is 0.253 e. The van der Waals surface area contributed by atoms with Crippen LogP contribution in [0.3, 0.4) is 0 Å². The SMILES string of the molecule is CCC(CC)NC[C@@]1(O)CCN(C(=O)c2ccc(Cl)cc2)C[C@@H]1O. The van der Waals surface area contributed by atoms with Crippen LogP contribution in [0.2, 0.25) is 5.02 Å². The molecule has 1 saturated heterocycles. The van der Waals surface area contributed by atoms with Gasteiger partial charge in [-0.3, -0.25) is 4.79 Å². The van der Waals surface area contributed by atoms with Gasteiger partial charge in [0.05, 0.1) is 0 Å². The standard InChI is InChI=1S/C18H27ClN2O3/c1-3-15(4-2)20-12-18(24)9-10-21(11-16(18)22)17(23)13-5-7-14(19)8-6-13/h5-8,15-16,20,22,24H,3-4,9-12H2,1-2H3/t16-,18-/m0/s1. The number of piperidine rings is 1. The molecule has 1 amide bonds. The van der Waals surface area contributed by atoms with E-state index in [4.69, 9.17) is 11.6 Å². The average Bonchev–Trinajstić information content (AvgIpc) is 2.58. The molecule has 6 heteroatoms. The average molecular weight is 355 g/mol. The predicted molar refractivity (Wildman–Crippen MR) is 95.3 cm³/mol. The molecular weight excluding hydrogens is 328 g/mol. The highest BCUT2D eigenvalue weighted by molar-refractivity contribution is 6.30. The summed E-state index contributed by atoms with van der Waals surface area (Å²) < 4.78 is 0. The van der Waals surface area contributed by atoms with Crippen molar-refractivity contribution in [1.29, 1.82) is 0 Å². The van der Waals surface area contributed by atoms with Gasteiger partial charge in [-0.1, -0.05) is 25.4 Å². The van der Waals surface area contributed by atoms with E-state index in [0.29, 0.717) is 36.1 Å². The lowest BCUT2D eigenvalue weighted by Crippen LogP contribution is -2.61. The van der Waals surface area contributed by atoms with Gasteiger partial charge in [0.1, 0.15) is 11.7 Å². The predicted octanol–water partition coefficient (Wildman–Crippen LogP) is 2.06. The summed E-state index contributed by atoms with van der Waals surface area (Å²) in [6.07, 6.45) is 1.33. The maximum absolute atomic E-state index is 12.5. The van der Waals surface area contributed by atoms with Gasteiger partial charge in [-0.2, -0.15) is 0 Å². The molecule has 1 aliphatic rings. The van der Waals surface area contributed by atoms with E-state index < -0.39 is 11.7 Å².